The van der Waals surface area contributed by atoms with Gasteiger partial charge in [-0.3, -0.25) is 9.69 Å². The third kappa shape index (κ3) is 9.99. The van der Waals surface area contributed by atoms with Crippen molar-refractivity contribution in [1.82, 2.24) is 4.90 Å². The van der Waals surface area contributed by atoms with Crippen molar-refractivity contribution in [2.75, 3.05) is 77.6 Å². The normalized spacial score (nSPS) is 14.2. The molecule has 0 N–H and O–H groups in total. The summed E-state index contributed by atoms with van der Waals surface area (Å²) in [4.78, 5) is 17.3. The van der Waals surface area contributed by atoms with Crippen molar-refractivity contribution in [1.29, 1.82) is 0 Å². The maximum atomic E-state index is 12.4. The van der Waals surface area contributed by atoms with Crippen LogP contribution in [-0.2, 0) is 17.8 Å². The first-order valence-corrected chi connectivity index (χ1v) is 20.7. The molecule has 0 saturated carbocycles. The van der Waals surface area contributed by atoms with Crippen LogP contribution in [0.3, 0.4) is 0 Å². The zero-order chi connectivity index (χ0) is 31.3. The van der Waals surface area contributed by atoms with Gasteiger partial charge in [0.15, 0.2) is 5.78 Å². The van der Waals surface area contributed by atoms with E-state index in [0.717, 1.165) is 38.2 Å². The quantitative estimate of drug-likeness (QED) is 0.138. The number of thioether (sulfide) groups is 4. The van der Waals surface area contributed by atoms with Crippen LogP contribution >= 0.6 is 47.0 Å². The van der Waals surface area contributed by atoms with Gasteiger partial charge in [0.1, 0.15) is 0 Å². The first-order chi connectivity index (χ1) is 21.4. The number of allylic oxidation sites excluding steroid dienone is 5. The number of hydrogen-bond acceptors (Lipinski definition) is 7. The monoisotopic (exact) mass is 666 g/mol. The molecule has 7 heteroatoms. The first kappa shape index (κ1) is 35.3. The minimum absolute atomic E-state index is 0.0881. The van der Waals surface area contributed by atoms with E-state index in [1.807, 2.05) is 35.7 Å². The number of carbonyl (C=O) groups is 1. The molecule has 2 aromatic rings. The van der Waals surface area contributed by atoms with Gasteiger partial charge in [-0.05, 0) is 101 Å². The van der Waals surface area contributed by atoms with Crippen molar-refractivity contribution in [2.24, 2.45) is 0 Å². The zero-order valence-corrected chi connectivity index (χ0v) is 30.6. The highest BCUT2D eigenvalue weighted by Crippen LogP contribution is 2.42. The number of nitrogens with zero attached hydrogens (tertiary/aromatic N) is 2. The minimum atomic E-state index is 0.0881. The molecular weight excluding hydrogens is 617 g/mol. The molecule has 3 nitrogen and oxygen atoms in total. The largest absolute Gasteiger partial charge is 0.375 e. The second-order valence-corrected chi connectivity index (χ2v) is 16.5. The topological polar surface area (TPSA) is 23.6 Å². The SMILES string of the molecule is CCSCCSCCN(CCSCCSCC)Cc1ccc(C2=C3C=CC(=O)C=C3Cc3cc(N(C)CC)ccc32)c(C)c1. The molecule has 0 fully saturated rings. The average molecular weight is 667 g/mol. The summed E-state index contributed by atoms with van der Waals surface area (Å²) in [5, 5.41) is 0. The van der Waals surface area contributed by atoms with Crippen LogP contribution in [0.25, 0.3) is 5.57 Å². The fourth-order valence-corrected chi connectivity index (χ4v) is 9.39. The molecule has 0 aliphatic heterocycles. The van der Waals surface area contributed by atoms with Gasteiger partial charge in [-0.15, -0.1) is 0 Å². The summed E-state index contributed by atoms with van der Waals surface area (Å²) in [7, 11) is 2.14. The van der Waals surface area contributed by atoms with Crippen molar-refractivity contribution >= 4 is 64.1 Å². The molecule has 0 spiro atoms. The number of carbonyl (C=O) groups excluding carboxylic acids is 1. The molecule has 0 amide bonds. The number of fused-ring (bicyclic) bond motifs is 2. The lowest BCUT2D eigenvalue weighted by molar-refractivity contribution is -0.110. The van der Waals surface area contributed by atoms with E-state index < -0.39 is 0 Å². The standard InChI is InChI=1S/C37H50N2OS4/c1-6-38(5)32-10-13-35-30(25-32)24-31-26-33(40)11-14-36(31)37(35)34-12-9-29(23-28(34)4)27-39(15-17-43-21-19-41-7-2)16-18-44-22-20-42-8-3/h9-14,23,25-26H,6-8,15-22,24,27H2,1-5H3. The van der Waals surface area contributed by atoms with Gasteiger partial charge in [-0.25, -0.2) is 0 Å². The van der Waals surface area contributed by atoms with E-state index in [2.05, 4.69) is 104 Å². The smallest absolute Gasteiger partial charge is 0.178 e. The number of anilines is 1. The molecule has 0 saturated heterocycles. The summed E-state index contributed by atoms with van der Waals surface area (Å²) < 4.78 is 0. The number of hydrogen-bond donors (Lipinski definition) is 0. The first-order valence-electron chi connectivity index (χ1n) is 16.1. The summed E-state index contributed by atoms with van der Waals surface area (Å²) in [6, 6.07) is 13.9. The number of aryl methyl sites for hydroxylation is 1. The molecule has 2 aliphatic rings. The Morgan fingerprint density at radius 2 is 1.43 bits per heavy atom. The van der Waals surface area contributed by atoms with Gasteiger partial charge in [-0.2, -0.15) is 47.0 Å². The molecule has 2 aromatic carbocycles. The maximum absolute atomic E-state index is 12.4. The molecule has 0 heterocycles. The van der Waals surface area contributed by atoms with E-state index in [-0.39, 0.29) is 5.78 Å². The number of rotatable bonds is 19. The van der Waals surface area contributed by atoms with E-state index in [9.17, 15) is 4.79 Å². The van der Waals surface area contributed by atoms with Gasteiger partial charge in [-0.1, -0.05) is 44.2 Å². The van der Waals surface area contributed by atoms with E-state index in [1.165, 1.54) is 90.7 Å². The molecule has 238 valence electrons. The number of benzene rings is 2. The van der Waals surface area contributed by atoms with Gasteiger partial charge in [0.05, 0.1) is 0 Å². The van der Waals surface area contributed by atoms with E-state index >= 15 is 0 Å². The predicted molar refractivity (Wildman–Crippen MR) is 204 cm³/mol. The molecule has 44 heavy (non-hydrogen) atoms. The zero-order valence-electron chi connectivity index (χ0n) is 27.3. The Morgan fingerprint density at radius 1 is 0.773 bits per heavy atom. The Labute approximate surface area is 284 Å². The van der Waals surface area contributed by atoms with Crippen molar-refractivity contribution in [3.63, 3.8) is 0 Å². The highest BCUT2D eigenvalue weighted by atomic mass is 32.2. The molecule has 0 bridgehead atoms. The Balaban J connectivity index is 1.55. The van der Waals surface area contributed by atoms with Crippen LogP contribution in [0.5, 0.6) is 0 Å². The predicted octanol–water partition coefficient (Wildman–Crippen LogP) is 8.65. The maximum Gasteiger partial charge on any atom is 0.178 e. The van der Waals surface area contributed by atoms with Crippen LogP contribution in [0, 0.1) is 6.92 Å². The molecule has 0 unspecified atom stereocenters. The van der Waals surface area contributed by atoms with Crippen molar-refractivity contribution in [3.05, 3.63) is 93.6 Å². The van der Waals surface area contributed by atoms with Gasteiger partial charge in [0, 0.05) is 73.4 Å². The fraction of sp³-hybridized carbons (Fsp3) is 0.486. The molecule has 4 rings (SSSR count). The minimum Gasteiger partial charge on any atom is -0.375 e. The molecule has 0 aromatic heterocycles. The third-order valence-electron chi connectivity index (χ3n) is 8.22. The lowest BCUT2D eigenvalue weighted by atomic mass is 9.76. The van der Waals surface area contributed by atoms with Crippen LogP contribution < -0.4 is 4.90 Å². The summed E-state index contributed by atoms with van der Waals surface area (Å²) in [6.45, 7) is 13.2. The van der Waals surface area contributed by atoms with Crippen molar-refractivity contribution in [3.8, 4) is 0 Å². The second kappa shape index (κ2) is 18.6. The van der Waals surface area contributed by atoms with Gasteiger partial charge in [0.2, 0.25) is 0 Å². The Morgan fingerprint density at radius 3 is 2.07 bits per heavy atom. The second-order valence-electron chi connectivity index (χ2n) is 11.3. The van der Waals surface area contributed by atoms with E-state index in [1.54, 1.807) is 6.08 Å². The number of ketones is 1. The molecule has 2 aliphatic carbocycles. The van der Waals surface area contributed by atoms with Gasteiger partial charge in [0.25, 0.3) is 0 Å². The average Bonchev–Trinajstić information content (AvgIpc) is 3.02. The highest BCUT2D eigenvalue weighted by molar-refractivity contribution is 8.03. The molecule has 0 atom stereocenters. The Hall–Kier alpha value is -1.51. The lowest BCUT2D eigenvalue weighted by Gasteiger charge is -2.29. The van der Waals surface area contributed by atoms with E-state index in [4.69, 9.17) is 0 Å². The highest BCUT2D eigenvalue weighted by Gasteiger charge is 2.26. The Bertz CT molecular complexity index is 1330. The summed E-state index contributed by atoms with van der Waals surface area (Å²) in [6.07, 6.45) is 6.41. The fourth-order valence-electron chi connectivity index (χ4n) is 5.74. The molecular formula is C37H50N2OS4. The summed E-state index contributed by atoms with van der Waals surface area (Å²) in [5.74, 6) is 9.90. The van der Waals surface area contributed by atoms with Crippen LogP contribution in [0.2, 0.25) is 0 Å². The Kier molecular flexibility index (Phi) is 14.9. The van der Waals surface area contributed by atoms with Crippen molar-refractivity contribution < 1.29 is 4.79 Å². The van der Waals surface area contributed by atoms with Gasteiger partial charge < -0.3 is 4.90 Å². The lowest BCUT2D eigenvalue weighted by Crippen LogP contribution is -2.28. The van der Waals surface area contributed by atoms with E-state index in [0.29, 0.717) is 0 Å². The van der Waals surface area contributed by atoms with Crippen LogP contribution in [0.4, 0.5) is 5.69 Å². The van der Waals surface area contributed by atoms with Crippen LogP contribution in [0.15, 0.2) is 65.8 Å². The third-order valence-corrected chi connectivity index (χ3v) is 12.5. The van der Waals surface area contributed by atoms with Crippen molar-refractivity contribution in [2.45, 2.75) is 40.7 Å². The van der Waals surface area contributed by atoms with Crippen LogP contribution in [-0.4, -0.2) is 83.4 Å². The summed E-state index contributed by atoms with van der Waals surface area (Å²) >= 11 is 8.28. The van der Waals surface area contributed by atoms with Crippen LogP contribution in [0.1, 0.15) is 48.6 Å². The summed E-state index contributed by atoms with van der Waals surface area (Å²) in [5.41, 5.74) is 11.4. The van der Waals surface area contributed by atoms with Gasteiger partial charge >= 0.3 is 0 Å². The molecule has 0 radical (unpaired) electrons.